The van der Waals surface area contributed by atoms with Crippen LogP contribution in [0.1, 0.15) is 29.3 Å². The van der Waals surface area contributed by atoms with Crippen molar-refractivity contribution in [3.05, 3.63) is 59.7 Å². The van der Waals surface area contributed by atoms with Crippen molar-refractivity contribution >= 4 is 29.4 Å². The van der Waals surface area contributed by atoms with Gasteiger partial charge in [-0.15, -0.1) is 0 Å². The number of nitrogens with zero attached hydrogens (tertiary/aromatic N) is 1. The summed E-state index contributed by atoms with van der Waals surface area (Å²) in [6.07, 6.45) is 0.985. The largest absolute Gasteiger partial charge is 0.482 e. The first-order chi connectivity index (χ1) is 14.4. The van der Waals surface area contributed by atoms with Crippen LogP contribution in [0.2, 0.25) is 0 Å². The number of fused-ring (bicyclic) bond motifs is 1. The first-order valence-electron chi connectivity index (χ1n) is 9.44. The highest BCUT2D eigenvalue weighted by Gasteiger charge is 2.48. The van der Waals surface area contributed by atoms with Gasteiger partial charge in [-0.1, -0.05) is 30.3 Å². The number of carbonyl (C=O) groups excluding carboxylic acids is 4. The number of hydrogen-bond donors (Lipinski definition) is 3. The van der Waals surface area contributed by atoms with Gasteiger partial charge in [-0.25, -0.2) is 4.79 Å². The third-order valence-corrected chi connectivity index (χ3v) is 5.11. The van der Waals surface area contributed by atoms with E-state index in [2.05, 4.69) is 16.1 Å². The van der Waals surface area contributed by atoms with Crippen molar-refractivity contribution in [3.8, 4) is 5.75 Å². The van der Waals surface area contributed by atoms with E-state index in [1.54, 1.807) is 6.92 Å². The Kier molecular flexibility index (Phi) is 4.86. The number of rotatable bonds is 5. The Labute approximate surface area is 172 Å². The highest BCUT2D eigenvalue weighted by molar-refractivity contribution is 6.09. The van der Waals surface area contributed by atoms with Crippen molar-refractivity contribution in [2.75, 3.05) is 11.9 Å². The molecule has 2 aliphatic rings. The molecule has 2 aromatic carbocycles. The molecule has 0 bridgehead atoms. The van der Waals surface area contributed by atoms with Crippen LogP contribution in [-0.2, 0) is 16.0 Å². The molecule has 4 rings (SSSR count). The molecular weight excluding hydrogens is 388 g/mol. The van der Waals surface area contributed by atoms with E-state index >= 15 is 0 Å². The predicted molar refractivity (Wildman–Crippen MR) is 107 cm³/mol. The number of ether oxygens (including phenoxy) is 1. The summed E-state index contributed by atoms with van der Waals surface area (Å²) in [7, 11) is 0. The van der Waals surface area contributed by atoms with Crippen molar-refractivity contribution < 1.29 is 23.9 Å². The minimum atomic E-state index is -1.12. The van der Waals surface area contributed by atoms with Crippen molar-refractivity contribution in [2.45, 2.75) is 25.3 Å². The summed E-state index contributed by atoms with van der Waals surface area (Å²) in [4.78, 5) is 49.2. The molecule has 9 nitrogen and oxygen atoms in total. The molecule has 30 heavy (non-hydrogen) atoms. The first kappa shape index (κ1) is 19.4. The summed E-state index contributed by atoms with van der Waals surface area (Å²) in [5.41, 5.74) is 2.91. The normalized spacial score (nSPS) is 20.2. The second-order valence-corrected chi connectivity index (χ2v) is 7.38. The van der Waals surface area contributed by atoms with Gasteiger partial charge < -0.3 is 15.4 Å². The van der Waals surface area contributed by atoms with Crippen LogP contribution in [0.25, 0.3) is 0 Å². The molecule has 1 fully saturated rings. The summed E-state index contributed by atoms with van der Waals surface area (Å²) in [6, 6.07) is 13.4. The van der Waals surface area contributed by atoms with Gasteiger partial charge in [0.05, 0.1) is 5.69 Å². The zero-order valence-corrected chi connectivity index (χ0v) is 16.2. The van der Waals surface area contributed by atoms with Gasteiger partial charge >= 0.3 is 6.03 Å². The number of urea groups is 1. The summed E-state index contributed by atoms with van der Waals surface area (Å²) in [6.45, 7) is 1.49. The molecule has 1 saturated heterocycles. The number of hydrazine groups is 1. The van der Waals surface area contributed by atoms with Crippen molar-refractivity contribution in [1.82, 2.24) is 15.8 Å². The summed E-state index contributed by atoms with van der Waals surface area (Å²) < 4.78 is 5.29. The standard InChI is InChI=1S/C21H20N4O5/c1-21(10-9-13-5-3-2-4-6-13)19(28)25(20(29)23-21)24-18(27)14-7-8-15-16(11-14)30-12-17(26)22-15/h2-8,11H,9-10,12H2,1H3,(H,22,26)(H,23,29)(H,24,27). The molecular formula is C21H20N4O5. The summed E-state index contributed by atoms with van der Waals surface area (Å²) in [5, 5.41) is 5.99. The lowest BCUT2D eigenvalue weighted by Crippen LogP contribution is -2.49. The molecule has 1 atom stereocenters. The zero-order valence-electron chi connectivity index (χ0n) is 16.2. The lowest BCUT2D eigenvalue weighted by Gasteiger charge is -2.22. The molecule has 5 amide bonds. The van der Waals surface area contributed by atoms with Crippen LogP contribution < -0.4 is 20.8 Å². The van der Waals surface area contributed by atoms with Gasteiger partial charge in [0.15, 0.2) is 6.61 Å². The van der Waals surface area contributed by atoms with Crippen molar-refractivity contribution in [1.29, 1.82) is 0 Å². The molecule has 2 aromatic rings. The predicted octanol–water partition coefficient (Wildman–Crippen LogP) is 1.61. The Bertz CT molecular complexity index is 1040. The molecule has 0 radical (unpaired) electrons. The number of benzene rings is 2. The molecule has 9 heteroatoms. The monoisotopic (exact) mass is 408 g/mol. The SMILES string of the molecule is CC1(CCc2ccccc2)NC(=O)N(NC(=O)c2ccc3c(c2)OCC(=O)N3)C1=O. The van der Waals surface area contributed by atoms with Crippen LogP contribution in [0, 0.1) is 0 Å². The fourth-order valence-electron chi connectivity index (χ4n) is 3.38. The van der Waals surface area contributed by atoms with E-state index in [0.717, 1.165) is 5.56 Å². The van der Waals surface area contributed by atoms with E-state index in [1.165, 1.54) is 18.2 Å². The lowest BCUT2D eigenvalue weighted by molar-refractivity contribution is -0.132. The Morgan fingerprint density at radius 2 is 1.93 bits per heavy atom. The van der Waals surface area contributed by atoms with E-state index in [1.807, 2.05) is 30.3 Å². The number of amides is 5. The topological polar surface area (TPSA) is 117 Å². The van der Waals surface area contributed by atoms with Gasteiger partial charge in [0.2, 0.25) is 0 Å². The molecule has 1 unspecified atom stereocenters. The number of nitrogens with one attached hydrogen (secondary N) is 3. The van der Waals surface area contributed by atoms with Gasteiger partial charge in [0, 0.05) is 5.56 Å². The van der Waals surface area contributed by atoms with Crippen molar-refractivity contribution in [3.63, 3.8) is 0 Å². The highest BCUT2D eigenvalue weighted by Crippen LogP contribution is 2.29. The molecule has 0 aromatic heterocycles. The van der Waals surface area contributed by atoms with Crippen LogP contribution in [0.5, 0.6) is 5.75 Å². The van der Waals surface area contributed by atoms with Gasteiger partial charge in [-0.05, 0) is 43.5 Å². The quantitative estimate of drug-likeness (QED) is 0.650. The fourth-order valence-corrected chi connectivity index (χ4v) is 3.38. The van der Waals surface area contributed by atoms with Gasteiger partial charge in [-0.3, -0.25) is 19.8 Å². The molecule has 2 heterocycles. The molecule has 0 spiro atoms. The third kappa shape index (κ3) is 3.69. The maximum atomic E-state index is 12.9. The third-order valence-electron chi connectivity index (χ3n) is 5.11. The van der Waals surface area contributed by atoms with Gasteiger partial charge in [0.1, 0.15) is 11.3 Å². The van der Waals surface area contributed by atoms with Gasteiger partial charge in [0.25, 0.3) is 17.7 Å². The van der Waals surface area contributed by atoms with E-state index in [0.29, 0.717) is 29.3 Å². The number of carbonyl (C=O) groups is 4. The number of aryl methyl sites for hydroxylation is 1. The average Bonchev–Trinajstić information content (AvgIpc) is 2.96. The Morgan fingerprint density at radius 1 is 1.17 bits per heavy atom. The molecule has 0 saturated carbocycles. The summed E-state index contributed by atoms with van der Waals surface area (Å²) >= 11 is 0. The number of anilines is 1. The molecule has 3 N–H and O–H groups in total. The molecule has 0 aliphatic carbocycles. The second-order valence-electron chi connectivity index (χ2n) is 7.38. The minimum Gasteiger partial charge on any atom is -0.482 e. The van der Waals surface area contributed by atoms with Gasteiger partial charge in [-0.2, -0.15) is 5.01 Å². The van der Waals surface area contributed by atoms with Crippen molar-refractivity contribution in [2.24, 2.45) is 0 Å². The fraction of sp³-hybridized carbons (Fsp3) is 0.238. The molecule has 154 valence electrons. The Morgan fingerprint density at radius 3 is 2.70 bits per heavy atom. The maximum absolute atomic E-state index is 12.9. The minimum absolute atomic E-state index is 0.148. The van der Waals surface area contributed by atoms with E-state index in [-0.39, 0.29) is 18.1 Å². The van der Waals surface area contributed by atoms with Crippen LogP contribution in [-0.4, -0.2) is 40.9 Å². The lowest BCUT2D eigenvalue weighted by atomic mass is 9.93. The number of imide groups is 1. The smallest absolute Gasteiger partial charge is 0.344 e. The maximum Gasteiger partial charge on any atom is 0.344 e. The van der Waals surface area contributed by atoms with Crippen LogP contribution in [0.15, 0.2) is 48.5 Å². The van der Waals surface area contributed by atoms with E-state index < -0.39 is 23.4 Å². The average molecular weight is 408 g/mol. The number of hydrogen-bond acceptors (Lipinski definition) is 5. The van der Waals surface area contributed by atoms with Crippen LogP contribution in [0.3, 0.4) is 0 Å². The second kappa shape index (κ2) is 7.51. The van der Waals surface area contributed by atoms with Crippen LogP contribution >= 0.6 is 0 Å². The van der Waals surface area contributed by atoms with E-state index in [9.17, 15) is 19.2 Å². The zero-order chi connectivity index (χ0) is 21.3. The Hall–Kier alpha value is -3.88. The van der Waals surface area contributed by atoms with Crippen LogP contribution in [0.4, 0.5) is 10.5 Å². The summed E-state index contributed by atoms with van der Waals surface area (Å²) in [5.74, 6) is -1.12. The highest BCUT2D eigenvalue weighted by atomic mass is 16.5. The Balaban J connectivity index is 1.44. The molecule has 2 aliphatic heterocycles. The first-order valence-corrected chi connectivity index (χ1v) is 9.44. The van der Waals surface area contributed by atoms with E-state index in [4.69, 9.17) is 4.74 Å².